The fraction of sp³-hybridized carbons (Fsp3) is 0.235. The van der Waals surface area contributed by atoms with Gasteiger partial charge in [0.25, 0.3) is 0 Å². The Bertz CT molecular complexity index is 742. The largest absolute Gasteiger partial charge is 0.303 e. The SMILES string of the molecule is Cc1ccc(CCc2nc(Br)c3cc(C)ccn23)cc1. The van der Waals surface area contributed by atoms with Gasteiger partial charge in [-0.15, -0.1) is 0 Å². The summed E-state index contributed by atoms with van der Waals surface area (Å²) in [7, 11) is 0. The molecule has 3 aromatic rings. The van der Waals surface area contributed by atoms with Crippen LogP contribution >= 0.6 is 15.9 Å². The molecule has 102 valence electrons. The van der Waals surface area contributed by atoms with Crippen molar-refractivity contribution in [2.75, 3.05) is 0 Å². The quantitative estimate of drug-likeness (QED) is 0.692. The molecule has 0 N–H and O–H groups in total. The molecule has 20 heavy (non-hydrogen) atoms. The third kappa shape index (κ3) is 2.63. The smallest absolute Gasteiger partial charge is 0.132 e. The lowest BCUT2D eigenvalue weighted by molar-refractivity contribution is 0.851. The summed E-state index contributed by atoms with van der Waals surface area (Å²) in [4.78, 5) is 4.64. The number of fused-ring (bicyclic) bond motifs is 1. The average molecular weight is 329 g/mol. The van der Waals surface area contributed by atoms with Gasteiger partial charge in [-0.3, -0.25) is 0 Å². The highest BCUT2D eigenvalue weighted by atomic mass is 79.9. The highest BCUT2D eigenvalue weighted by Crippen LogP contribution is 2.21. The van der Waals surface area contributed by atoms with Crippen LogP contribution in [0.25, 0.3) is 5.52 Å². The summed E-state index contributed by atoms with van der Waals surface area (Å²) in [6.07, 6.45) is 4.06. The van der Waals surface area contributed by atoms with Crippen LogP contribution in [-0.2, 0) is 12.8 Å². The fourth-order valence-corrected chi connectivity index (χ4v) is 2.91. The second-order valence-corrected chi connectivity index (χ2v) is 6.01. The van der Waals surface area contributed by atoms with E-state index in [9.17, 15) is 0 Å². The van der Waals surface area contributed by atoms with E-state index >= 15 is 0 Å². The van der Waals surface area contributed by atoms with Crippen molar-refractivity contribution in [3.05, 3.63) is 69.7 Å². The summed E-state index contributed by atoms with van der Waals surface area (Å²) >= 11 is 3.56. The maximum absolute atomic E-state index is 4.64. The molecule has 3 heteroatoms. The van der Waals surface area contributed by atoms with E-state index in [1.807, 2.05) is 0 Å². The molecule has 0 aliphatic rings. The predicted molar refractivity (Wildman–Crippen MR) is 86.2 cm³/mol. The van der Waals surface area contributed by atoms with Crippen LogP contribution in [0.3, 0.4) is 0 Å². The molecular weight excluding hydrogens is 312 g/mol. The van der Waals surface area contributed by atoms with Crippen LogP contribution in [0.1, 0.15) is 22.5 Å². The molecule has 0 amide bonds. The minimum Gasteiger partial charge on any atom is -0.303 e. The Morgan fingerprint density at radius 3 is 2.50 bits per heavy atom. The van der Waals surface area contributed by atoms with Gasteiger partial charge in [0.1, 0.15) is 10.4 Å². The van der Waals surface area contributed by atoms with Gasteiger partial charge in [0.2, 0.25) is 0 Å². The Hall–Kier alpha value is -1.61. The number of aryl methyl sites for hydroxylation is 4. The summed E-state index contributed by atoms with van der Waals surface area (Å²) in [5, 5.41) is 0. The number of rotatable bonds is 3. The molecule has 0 spiro atoms. The predicted octanol–water partition coefficient (Wildman–Crippen LogP) is 4.50. The van der Waals surface area contributed by atoms with Crippen molar-refractivity contribution in [3.63, 3.8) is 0 Å². The van der Waals surface area contributed by atoms with E-state index in [2.05, 4.69) is 81.8 Å². The van der Waals surface area contributed by atoms with E-state index in [-0.39, 0.29) is 0 Å². The molecule has 0 aliphatic carbocycles. The van der Waals surface area contributed by atoms with Crippen LogP contribution in [0.4, 0.5) is 0 Å². The first-order chi connectivity index (χ1) is 9.63. The second-order valence-electron chi connectivity index (χ2n) is 5.26. The van der Waals surface area contributed by atoms with Crippen molar-refractivity contribution in [1.82, 2.24) is 9.38 Å². The second kappa shape index (κ2) is 5.41. The fourth-order valence-electron chi connectivity index (χ4n) is 2.40. The number of nitrogens with zero attached hydrogens (tertiary/aromatic N) is 2. The van der Waals surface area contributed by atoms with Crippen molar-refractivity contribution >= 4 is 21.4 Å². The molecule has 3 rings (SSSR count). The van der Waals surface area contributed by atoms with Crippen LogP contribution < -0.4 is 0 Å². The Morgan fingerprint density at radius 1 is 1.00 bits per heavy atom. The number of pyridine rings is 1. The molecule has 0 bridgehead atoms. The zero-order chi connectivity index (χ0) is 14.1. The summed E-state index contributed by atoms with van der Waals surface area (Å²) in [6.45, 7) is 4.22. The molecule has 0 aliphatic heterocycles. The number of imidazole rings is 1. The van der Waals surface area contributed by atoms with E-state index in [1.165, 1.54) is 16.7 Å². The van der Waals surface area contributed by atoms with E-state index in [0.29, 0.717) is 0 Å². The Labute approximate surface area is 127 Å². The van der Waals surface area contributed by atoms with Crippen LogP contribution in [0, 0.1) is 13.8 Å². The number of aromatic nitrogens is 2. The lowest BCUT2D eigenvalue weighted by atomic mass is 10.1. The van der Waals surface area contributed by atoms with Gasteiger partial charge in [0.15, 0.2) is 0 Å². The first-order valence-electron chi connectivity index (χ1n) is 6.82. The van der Waals surface area contributed by atoms with E-state index in [4.69, 9.17) is 0 Å². The molecule has 0 atom stereocenters. The highest BCUT2D eigenvalue weighted by molar-refractivity contribution is 9.10. The van der Waals surface area contributed by atoms with Crippen LogP contribution in [0.5, 0.6) is 0 Å². The number of benzene rings is 1. The average Bonchev–Trinajstić information content (AvgIpc) is 2.74. The normalized spacial score (nSPS) is 11.2. The van der Waals surface area contributed by atoms with E-state index in [0.717, 1.165) is 28.8 Å². The van der Waals surface area contributed by atoms with Crippen LogP contribution in [-0.4, -0.2) is 9.38 Å². The first-order valence-corrected chi connectivity index (χ1v) is 7.61. The molecule has 2 heterocycles. The third-order valence-corrected chi connectivity index (χ3v) is 4.17. The van der Waals surface area contributed by atoms with E-state index < -0.39 is 0 Å². The van der Waals surface area contributed by atoms with Gasteiger partial charge in [-0.05, 0) is 59.5 Å². The first kappa shape index (κ1) is 13.4. The Balaban J connectivity index is 1.86. The number of hydrogen-bond donors (Lipinski definition) is 0. The summed E-state index contributed by atoms with van der Waals surface area (Å²) < 4.78 is 3.10. The minimum atomic E-state index is 0.931. The zero-order valence-electron chi connectivity index (χ0n) is 11.7. The monoisotopic (exact) mass is 328 g/mol. The minimum absolute atomic E-state index is 0.931. The van der Waals surface area contributed by atoms with Crippen molar-refractivity contribution in [1.29, 1.82) is 0 Å². The van der Waals surface area contributed by atoms with Crippen molar-refractivity contribution < 1.29 is 0 Å². The zero-order valence-corrected chi connectivity index (χ0v) is 13.3. The van der Waals surface area contributed by atoms with Crippen molar-refractivity contribution in [2.45, 2.75) is 26.7 Å². The lowest BCUT2D eigenvalue weighted by Gasteiger charge is -2.03. The Kier molecular flexibility index (Phi) is 3.62. The molecular formula is C17H17BrN2. The van der Waals surface area contributed by atoms with Crippen LogP contribution in [0.2, 0.25) is 0 Å². The lowest BCUT2D eigenvalue weighted by Crippen LogP contribution is -1.98. The van der Waals surface area contributed by atoms with Crippen molar-refractivity contribution in [2.24, 2.45) is 0 Å². The summed E-state index contributed by atoms with van der Waals surface area (Å²) in [5.41, 5.74) is 5.06. The standard InChI is InChI=1S/C17H17BrN2/c1-12-3-5-14(6-4-12)7-8-16-19-17(18)15-11-13(2)9-10-20(15)16/h3-6,9-11H,7-8H2,1-2H3. The van der Waals surface area contributed by atoms with E-state index in [1.54, 1.807) is 0 Å². The van der Waals surface area contributed by atoms with Gasteiger partial charge < -0.3 is 4.40 Å². The molecule has 0 saturated carbocycles. The Morgan fingerprint density at radius 2 is 1.75 bits per heavy atom. The summed E-state index contributed by atoms with van der Waals surface area (Å²) in [5.74, 6) is 1.10. The van der Waals surface area contributed by atoms with Gasteiger partial charge in [0.05, 0.1) is 5.52 Å². The van der Waals surface area contributed by atoms with Gasteiger partial charge >= 0.3 is 0 Å². The molecule has 1 aromatic carbocycles. The van der Waals surface area contributed by atoms with Crippen LogP contribution in [0.15, 0.2) is 47.2 Å². The van der Waals surface area contributed by atoms with Crippen molar-refractivity contribution in [3.8, 4) is 0 Å². The molecule has 0 radical (unpaired) electrons. The molecule has 2 aromatic heterocycles. The maximum Gasteiger partial charge on any atom is 0.132 e. The molecule has 0 fully saturated rings. The highest BCUT2D eigenvalue weighted by Gasteiger charge is 2.09. The third-order valence-electron chi connectivity index (χ3n) is 3.58. The van der Waals surface area contributed by atoms with Gasteiger partial charge in [0, 0.05) is 12.6 Å². The van der Waals surface area contributed by atoms with Gasteiger partial charge in [-0.25, -0.2) is 4.98 Å². The summed E-state index contributed by atoms with van der Waals surface area (Å²) in [6, 6.07) is 13.0. The van der Waals surface area contributed by atoms with Gasteiger partial charge in [-0.2, -0.15) is 0 Å². The topological polar surface area (TPSA) is 17.3 Å². The number of hydrogen-bond acceptors (Lipinski definition) is 1. The number of halogens is 1. The molecule has 0 saturated heterocycles. The maximum atomic E-state index is 4.64. The molecule has 2 nitrogen and oxygen atoms in total. The van der Waals surface area contributed by atoms with Gasteiger partial charge in [-0.1, -0.05) is 29.8 Å². The molecule has 0 unspecified atom stereocenters.